The van der Waals surface area contributed by atoms with Crippen molar-refractivity contribution in [2.45, 2.75) is 17.3 Å². The highest BCUT2D eigenvalue weighted by atomic mass is 32.2. The quantitative estimate of drug-likeness (QED) is 0.446. The summed E-state index contributed by atoms with van der Waals surface area (Å²) in [4.78, 5) is 31.8. The predicted molar refractivity (Wildman–Crippen MR) is 93.0 cm³/mol. The van der Waals surface area contributed by atoms with Crippen molar-refractivity contribution in [2.24, 2.45) is 0 Å². The number of aromatic amines is 1. The van der Waals surface area contributed by atoms with Crippen molar-refractivity contribution >= 4 is 39.3 Å². The first-order valence-corrected chi connectivity index (χ1v) is 8.67. The van der Waals surface area contributed by atoms with Crippen LogP contribution in [0.3, 0.4) is 0 Å². The van der Waals surface area contributed by atoms with Crippen molar-refractivity contribution in [3.05, 3.63) is 46.1 Å². The molecule has 1 unspecified atom stereocenters. The number of aromatic nitrogens is 2. The molecule has 0 fully saturated rings. The first kappa shape index (κ1) is 15.8. The molecule has 23 heavy (non-hydrogen) atoms. The Hall–Kier alpha value is -2.12. The van der Waals surface area contributed by atoms with E-state index in [2.05, 4.69) is 14.7 Å². The van der Waals surface area contributed by atoms with Gasteiger partial charge in [0.15, 0.2) is 5.16 Å². The van der Waals surface area contributed by atoms with Gasteiger partial charge in [0.25, 0.3) is 5.56 Å². The van der Waals surface area contributed by atoms with Crippen molar-refractivity contribution in [2.75, 3.05) is 7.11 Å². The van der Waals surface area contributed by atoms with Gasteiger partial charge in [-0.15, -0.1) is 11.3 Å². The van der Waals surface area contributed by atoms with E-state index in [1.54, 1.807) is 6.92 Å². The largest absolute Gasteiger partial charge is 0.468 e. The molecule has 118 valence electrons. The molecule has 0 spiro atoms. The average Bonchev–Trinajstić information content (AvgIpc) is 2.99. The first-order valence-electron chi connectivity index (χ1n) is 6.91. The van der Waals surface area contributed by atoms with Crippen molar-refractivity contribution < 1.29 is 9.53 Å². The summed E-state index contributed by atoms with van der Waals surface area (Å²) in [6.07, 6.45) is 0. The molecule has 1 aromatic carbocycles. The maximum absolute atomic E-state index is 12.5. The van der Waals surface area contributed by atoms with Crippen LogP contribution in [0, 0.1) is 0 Å². The van der Waals surface area contributed by atoms with Crippen LogP contribution in [0.15, 0.2) is 45.7 Å². The lowest BCUT2D eigenvalue weighted by atomic mass is 10.1. The normalized spacial score (nSPS) is 12.3. The molecule has 5 nitrogen and oxygen atoms in total. The minimum absolute atomic E-state index is 0.199. The fraction of sp³-hybridized carbons (Fsp3) is 0.188. The van der Waals surface area contributed by atoms with Crippen LogP contribution in [-0.2, 0) is 9.53 Å². The van der Waals surface area contributed by atoms with Gasteiger partial charge in [-0.3, -0.25) is 9.59 Å². The number of esters is 1. The van der Waals surface area contributed by atoms with E-state index in [9.17, 15) is 9.59 Å². The van der Waals surface area contributed by atoms with Crippen molar-refractivity contribution in [1.29, 1.82) is 0 Å². The highest BCUT2D eigenvalue weighted by molar-refractivity contribution is 8.00. The lowest BCUT2D eigenvalue weighted by Crippen LogP contribution is -2.16. The molecular weight excluding hydrogens is 332 g/mol. The number of nitrogens with zero attached hydrogens (tertiary/aromatic N) is 1. The second-order valence-corrected chi connectivity index (χ2v) is 7.04. The zero-order valence-electron chi connectivity index (χ0n) is 12.5. The van der Waals surface area contributed by atoms with Crippen molar-refractivity contribution in [1.82, 2.24) is 9.97 Å². The second kappa shape index (κ2) is 6.55. The molecule has 1 atom stereocenters. The molecule has 0 aliphatic heterocycles. The van der Waals surface area contributed by atoms with Crippen LogP contribution >= 0.6 is 23.1 Å². The molecule has 2 aromatic heterocycles. The fourth-order valence-electron chi connectivity index (χ4n) is 2.20. The van der Waals surface area contributed by atoms with Crippen LogP contribution in [0.1, 0.15) is 6.92 Å². The van der Waals surface area contributed by atoms with Crippen LogP contribution in [0.4, 0.5) is 0 Å². The molecular formula is C16H14N2O3S2. The van der Waals surface area contributed by atoms with E-state index in [4.69, 9.17) is 0 Å². The third-order valence-electron chi connectivity index (χ3n) is 3.33. The van der Waals surface area contributed by atoms with Gasteiger partial charge in [-0.1, -0.05) is 42.1 Å². The van der Waals surface area contributed by atoms with Gasteiger partial charge in [-0.25, -0.2) is 4.98 Å². The number of hydrogen-bond donors (Lipinski definition) is 1. The minimum atomic E-state index is -0.436. The van der Waals surface area contributed by atoms with E-state index in [-0.39, 0.29) is 11.5 Å². The number of ether oxygens (including phenoxy) is 1. The highest BCUT2D eigenvalue weighted by Gasteiger charge is 2.18. The Bertz CT molecular complexity index is 903. The molecule has 0 radical (unpaired) electrons. The third kappa shape index (κ3) is 3.16. The Kier molecular flexibility index (Phi) is 4.49. The van der Waals surface area contributed by atoms with Gasteiger partial charge in [0.1, 0.15) is 10.1 Å². The van der Waals surface area contributed by atoms with E-state index in [1.165, 1.54) is 30.2 Å². The van der Waals surface area contributed by atoms with Gasteiger partial charge in [-0.05, 0) is 12.5 Å². The van der Waals surface area contributed by atoms with Crippen LogP contribution < -0.4 is 5.56 Å². The summed E-state index contributed by atoms with van der Waals surface area (Å²) < 4.78 is 4.69. The van der Waals surface area contributed by atoms with Gasteiger partial charge in [0.05, 0.1) is 12.5 Å². The Balaban J connectivity index is 2.02. The van der Waals surface area contributed by atoms with E-state index in [1.807, 2.05) is 35.7 Å². The average molecular weight is 346 g/mol. The molecule has 0 aliphatic rings. The summed E-state index contributed by atoms with van der Waals surface area (Å²) in [6, 6.07) is 9.72. The van der Waals surface area contributed by atoms with Crippen molar-refractivity contribution in [3.63, 3.8) is 0 Å². The predicted octanol–water partition coefficient (Wildman–Crippen LogP) is 3.31. The molecule has 0 saturated heterocycles. The summed E-state index contributed by atoms with van der Waals surface area (Å²) in [5, 5.41) is 2.49. The van der Waals surface area contributed by atoms with E-state index < -0.39 is 5.25 Å². The van der Waals surface area contributed by atoms with Gasteiger partial charge in [0.2, 0.25) is 0 Å². The Morgan fingerprint density at radius 2 is 2.09 bits per heavy atom. The molecule has 0 amide bonds. The maximum atomic E-state index is 12.5. The van der Waals surface area contributed by atoms with Gasteiger partial charge >= 0.3 is 5.97 Å². The number of carbonyl (C=O) groups excluding carboxylic acids is 1. The molecule has 3 aromatic rings. The molecule has 1 N–H and O–H groups in total. The monoisotopic (exact) mass is 346 g/mol. The number of thiophene rings is 1. The number of hydrogen-bond acceptors (Lipinski definition) is 6. The van der Waals surface area contributed by atoms with Crippen molar-refractivity contribution in [3.8, 4) is 11.1 Å². The van der Waals surface area contributed by atoms with E-state index in [0.717, 1.165) is 11.1 Å². The van der Waals surface area contributed by atoms with Crippen LogP contribution in [0.2, 0.25) is 0 Å². The number of thioether (sulfide) groups is 1. The minimum Gasteiger partial charge on any atom is -0.468 e. The fourth-order valence-corrected chi connectivity index (χ4v) is 4.03. The second-order valence-electron chi connectivity index (χ2n) is 4.85. The van der Waals surface area contributed by atoms with Gasteiger partial charge < -0.3 is 9.72 Å². The molecule has 2 heterocycles. The number of rotatable bonds is 4. The molecule has 0 bridgehead atoms. The summed E-state index contributed by atoms with van der Waals surface area (Å²) in [7, 11) is 1.34. The zero-order chi connectivity index (χ0) is 16.4. The summed E-state index contributed by atoms with van der Waals surface area (Å²) in [5.41, 5.74) is 1.65. The first-order chi connectivity index (χ1) is 11.1. The standard InChI is InChI=1S/C16H14N2O3S2/c1-9(15(20)21-2)23-16-17-13(19)12-11(8-22-14(12)18-16)10-6-4-3-5-7-10/h3-9H,1-2H3,(H,17,18,19). The zero-order valence-corrected chi connectivity index (χ0v) is 14.2. The maximum Gasteiger partial charge on any atom is 0.318 e. The van der Waals surface area contributed by atoms with Crippen LogP contribution in [-0.4, -0.2) is 28.3 Å². The molecule has 7 heteroatoms. The number of methoxy groups -OCH3 is 1. The number of nitrogens with one attached hydrogen (secondary N) is 1. The summed E-state index contributed by atoms with van der Waals surface area (Å²) >= 11 is 2.59. The van der Waals surface area contributed by atoms with Gasteiger partial charge in [0, 0.05) is 10.9 Å². The number of fused-ring (bicyclic) bond motifs is 1. The molecule has 0 saturated carbocycles. The Morgan fingerprint density at radius 3 is 2.78 bits per heavy atom. The smallest absolute Gasteiger partial charge is 0.318 e. The van der Waals surface area contributed by atoms with E-state index in [0.29, 0.717) is 15.4 Å². The van der Waals surface area contributed by atoms with E-state index >= 15 is 0 Å². The number of H-pyrrole nitrogens is 1. The topological polar surface area (TPSA) is 72.0 Å². The molecule has 0 aliphatic carbocycles. The SMILES string of the molecule is COC(=O)C(C)Sc1nc2scc(-c3ccccc3)c2c(=O)[nH]1. The number of carbonyl (C=O) groups is 1. The van der Waals surface area contributed by atoms with Gasteiger partial charge in [-0.2, -0.15) is 0 Å². The Morgan fingerprint density at radius 1 is 1.35 bits per heavy atom. The lowest BCUT2D eigenvalue weighted by molar-refractivity contribution is -0.139. The lowest BCUT2D eigenvalue weighted by Gasteiger charge is -2.07. The highest BCUT2D eigenvalue weighted by Crippen LogP contribution is 2.31. The van der Waals surface area contributed by atoms with Crippen LogP contribution in [0.5, 0.6) is 0 Å². The summed E-state index contributed by atoms with van der Waals surface area (Å²) in [5.74, 6) is -0.353. The van der Waals surface area contributed by atoms with Crippen LogP contribution in [0.25, 0.3) is 21.3 Å². The Labute approximate surface area is 140 Å². The number of benzene rings is 1. The summed E-state index contributed by atoms with van der Waals surface area (Å²) in [6.45, 7) is 1.71. The molecule has 3 rings (SSSR count). The third-order valence-corrected chi connectivity index (χ3v) is 5.16.